The van der Waals surface area contributed by atoms with Gasteiger partial charge in [0.15, 0.2) is 0 Å². The maximum Gasteiger partial charge on any atom is 0.144 e. The van der Waals surface area contributed by atoms with Crippen LogP contribution in [-0.4, -0.2) is 11.5 Å². The zero-order valence-electron chi connectivity index (χ0n) is 10.4. The van der Waals surface area contributed by atoms with Gasteiger partial charge in [-0.2, -0.15) is 5.26 Å². The van der Waals surface area contributed by atoms with Crippen molar-refractivity contribution in [2.45, 2.75) is 39.0 Å². The van der Waals surface area contributed by atoms with Gasteiger partial charge in [-0.05, 0) is 37.8 Å². The maximum absolute atomic E-state index is 9.02. The van der Waals surface area contributed by atoms with E-state index in [9.17, 15) is 0 Å². The van der Waals surface area contributed by atoms with E-state index in [1.807, 2.05) is 19.1 Å². The molecule has 3 nitrogen and oxygen atoms in total. The van der Waals surface area contributed by atoms with Crippen LogP contribution in [0.4, 0.5) is 5.82 Å². The summed E-state index contributed by atoms with van der Waals surface area (Å²) < 4.78 is 0. The van der Waals surface area contributed by atoms with E-state index in [0.717, 1.165) is 24.0 Å². The van der Waals surface area contributed by atoms with Crippen LogP contribution in [-0.2, 0) is 0 Å². The number of hydrogen-bond acceptors (Lipinski definition) is 3. The van der Waals surface area contributed by atoms with Crippen LogP contribution in [0.2, 0.25) is 0 Å². The van der Waals surface area contributed by atoms with Gasteiger partial charge in [-0.15, -0.1) is 0 Å². The number of nitrogens with one attached hydrogen (secondary N) is 1. The number of nitriles is 1. The molecular formula is C14H19N3. The van der Waals surface area contributed by atoms with Crippen molar-refractivity contribution in [3.8, 4) is 6.07 Å². The molecule has 1 fully saturated rings. The summed E-state index contributed by atoms with van der Waals surface area (Å²) in [6, 6.07) is 5.90. The lowest BCUT2D eigenvalue weighted by Crippen LogP contribution is -2.18. The van der Waals surface area contributed by atoms with Crippen molar-refractivity contribution in [1.82, 2.24) is 4.98 Å². The third kappa shape index (κ3) is 3.20. The predicted octanol–water partition coefficient (Wildman–Crippen LogP) is 3.25. The van der Waals surface area contributed by atoms with Gasteiger partial charge in [-0.25, -0.2) is 4.98 Å². The molecule has 0 spiro atoms. The van der Waals surface area contributed by atoms with Gasteiger partial charge >= 0.3 is 0 Å². The molecule has 2 rings (SSSR count). The minimum atomic E-state index is 0.645. The molecule has 0 aromatic carbocycles. The lowest BCUT2D eigenvalue weighted by atomic mass is 9.89. The molecule has 17 heavy (non-hydrogen) atoms. The Bertz CT molecular complexity index is 414. The van der Waals surface area contributed by atoms with Crippen LogP contribution in [0.3, 0.4) is 0 Å². The van der Waals surface area contributed by atoms with Crippen molar-refractivity contribution in [2.75, 3.05) is 11.9 Å². The summed E-state index contributed by atoms with van der Waals surface area (Å²) in [5, 5.41) is 12.4. The summed E-state index contributed by atoms with van der Waals surface area (Å²) >= 11 is 0. The first-order valence-corrected chi connectivity index (χ1v) is 6.41. The fraction of sp³-hybridized carbons (Fsp3) is 0.571. The number of hydrogen-bond donors (Lipinski definition) is 1. The molecule has 90 valence electrons. The normalized spacial score (nSPS) is 16.5. The van der Waals surface area contributed by atoms with Crippen LogP contribution in [0.25, 0.3) is 0 Å². The fourth-order valence-corrected chi connectivity index (χ4v) is 2.41. The minimum Gasteiger partial charge on any atom is -0.369 e. The van der Waals surface area contributed by atoms with Gasteiger partial charge in [0.05, 0.1) is 5.56 Å². The molecule has 3 heteroatoms. The van der Waals surface area contributed by atoms with Gasteiger partial charge in [0.25, 0.3) is 0 Å². The van der Waals surface area contributed by atoms with Crippen molar-refractivity contribution in [3.63, 3.8) is 0 Å². The van der Waals surface area contributed by atoms with E-state index in [4.69, 9.17) is 5.26 Å². The number of aromatic nitrogens is 1. The number of aryl methyl sites for hydroxylation is 1. The first-order valence-electron chi connectivity index (χ1n) is 6.41. The van der Waals surface area contributed by atoms with Crippen molar-refractivity contribution in [3.05, 3.63) is 23.4 Å². The molecule has 0 unspecified atom stereocenters. The summed E-state index contributed by atoms with van der Waals surface area (Å²) in [4.78, 5) is 4.39. The predicted molar refractivity (Wildman–Crippen MR) is 68.8 cm³/mol. The highest BCUT2D eigenvalue weighted by molar-refractivity contribution is 5.52. The lowest BCUT2D eigenvalue weighted by molar-refractivity contribution is 0.373. The second-order valence-corrected chi connectivity index (χ2v) is 4.85. The SMILES string of the molecule is Cc1ccc(C#N)c(NCC2CCCCC2)n1. The van der Waals surface area contributed by atoms with E-state index in [2.05, 4.69) is 16.4 Å². The summed E-state index contributed by atoms with van der Waals surface area (Å²) in [7, 11) is 0. The summed E-state index contributed by atoms with van der Waals surface area (Å²) in [5.74, 6) is 1.50. The molecule has 1 saturated carbocycles. The molecule has 1 aliphatic carbocycles. The molecule has 0 radical (unpaired) electrons. The Kier molecular flexibility index (Phi) is 3.98. The molecule has 0 aliphatic heterocycles. The second-order valence-electron chi connectivity index (χ2n) is 4.85. The fourth-order valence-electron chi connectivity index (χ4n) is 2.41. The van der Waals surface area contributed by atoms with Gasteiger partial charge in [-0.1, -0.05) is 19.3 Å². The Hall–Kier alpha value is -1.56. The van der Waals surface area contributed by atoms with Gasteiger partial charge in [0, 0.05) is 12.2 Å². The summed E-state index contributed by atoms with van der Waals surface area (Å²) in [6.07, 6.45) is 6.68. The third-order valence-corrected chi connectivity index (χ3v) is 3.44. The van der Waals surface area contributed by atoms with Gasteiger partial charge in [0.2, 0.25) is 0 Å². The van der Waals surface area contributed by atoms with Crippen LogP contribution in [0, 0.1) is 24.2 Å². The molecule has 1 N–H and O–H groups in total. The molecule has 1 aliphatic rings. The van der Waals surface area contributed by atoms with Crippen molar-refractivity contribution < 1.29 is 0 Å². The van der Waals surface area contributed by atoms with E-state index in [-0.39, 0.29) is 0 Å². The van der Waals surface area contributed by atoms with Crippen molar-refractivity contribution in [1.29, 1.82) is 5.26 Å². The highest BCUT2D eigenvalue weighted by Crippen LogP contribution is 2.24. The average Bonchev–Trinajstić information content (AvgIpc) is 2.38. The standard InChI is InChI=1S/C14H19N3/c1-11-7-8-13(9-15)14(17-11)16-10-12-5-3-2-4-6-12/h7-8,12H,2-6,10H2,1H3,(H,16,17). The Morgan fingerprint density at radius 2 is 2.12 bits per heavy atom. The van der Waals surface area contributed by atoms with E-state index >= 15 is 0 Å². The Balaban J connectivity index is 1.98. The molecule has 0 saturated heterocycles. The number of rotatable bonds is 3. The monoisotopic (exact) mass is 229 g/mol. The first-order chi connectivity index (χ1) is 8.29. The average molecular weight is 229 g/mol. The van der Waals surface area contributed by atoms with E-state index in [0.29, 0.717) is 5.56 Å². The molecule has 0 amide bonds. The van der Waals surface area contributed by atoms with Crippen LogP contribution in [0.15, 0.2) is 12.1 Å². The lowest BCUT2D eigenvalue weighted by Gasteiger charge is -2.22. The third-order valence-electron chi connectivity index (χ3n) is 3.44. The van der Waals surface area contributed by atoms with Crippen LogP contribution < -0.4 is 5.32 Å². The molecular weight excluding hydrogens is 210 g/mol. The quantitative estimate of drug-likeness (QED) is 0.865. The zero-order chi connectivity index (χ0) is 12.1. The largest absolute Gasteiger partial charge is 0.369 e. The second kappa shape index (κ2) is 5.67. The summed E-state index contributed by atoms with van der Waals surface area (Å²) in [5.41, 5.74) is 1.60. The Morgan fingerprint density at radius 1 is 1.35 bits per heavy atom. The maximum atomic E-state index is 9.02. The zero-order valence-corrected chi connectivity index (χ0v) is 10.4. The molecule has 1 aromatic heterocycles. The van der Waals surface area contributed by atoms with Crippen LogP contribution >= 0.6 is 0 Å². The molecule has 1 heterocycles. The van der Waals surface area contributed by atoms with E-state index < -0.39 is 0 Å². The van der Waals surface area contributed by atoms with E-state index in [1.165, 1.54) is 32.1 Å². The molecule has 0 bridgehead atoms. The van der Waals surface area contributed by atoms with Gasteiger partial charge < -0.3 is 5.32 Å². The van der Waals surface area contributed by atoms with E-state index in [1.54, 1.807) is 0 Å². The van der Waals surface area contributed by atoms with Crippen molar-refractivity contribution in [2.24, 2.45) is 5.92 Å². The van der Waals surface area contributed by atoms with Crippen LogP contribution in [0.1, 0.15) is 43.4 Å². The Morgan fingerprint density at radius 3 is 2.82 bits per heavy atom. The molecule has 0 atom stereocenters. The Labute approximate surface area is 103 Å². The summed E-state index contributed by atoms with van der Waals surface area (Å²) in [6.45, 7) is 2.90. The van der Waals surface area contributed by atoms with Gasteiger partial charge in [-0.3, -0.25) is 0 Å². The van der Waals surface area contributed by atoms with Crippen LogP contribution in [0.5, 0.6) is 0 Å². The highest BCUT2D eigenvalue weighted by Gasteiger charge is 2.14. The number of nitrogens with zero attached hydrogens (tertiary/aromatic N) is 2. The topological polar surface area (TPSA) is 48.7 Å². The number of anilines is 1. The van der Waals surface area contributed by atoms with Crippen molar-refractivity contribution >= 4 is 5.82 Å². The molecule has 1 aromatic rings. The van der Waals surface area contributed by atoms with Gasteiger partial charge in [0.1, 0.15) is 11.9 Å². The smallest absolute Gasteiger partial charge is 0.144 e. The number of pyridine rings is 1. The minimum absolute atomic E-state index is 0.645. The highest BCUT2D eigenvalue weighted by atomic mass is 15.0. The first kappa shape index (κ1) is 11.9.